The Kier molecular flexibility index (Phi) is 3.55. The second-order valence-corrected chi connectivity index (χ2v) is 4.09. The summed E-state index contributed by atoms with van der Waals surface area (Å²) in [5.74, 6) is 0. The summed E-state index contributed by atoms with van der Waals surface area (Å²) in [6, 6.07) is 5.61. The van der Waals surface area contributed by atoms with Gasteiger partial charge in [0, 0.05) is 0 Å². The Morgan fingerprint density at radius 2 is 1.93 bits per heavy atom. The van der Waals surface area contributed by atoms with E-state index in [2.05, 4.69) is 5.32 Å². The molecule has 0 unspecified atom stereocenters. The summed E-state index contributed by atoms with van der Waals surface area (Å²) in [5.41, 5.74) is 7.48. The van der Waals surface area contributed by atoms with Gasteiger partial charge in [-0.3, -0.25) is 0 Å². The van der Waals surface area contributed by atoms with Gasteiger partial charge in [0.2, 0.25) is 0 Å². The molecular weight excluding hydrogens is 192 g/mol. The quantitative estimate of drug-likeness (QED) is 0.552. The van der Waals surface area contributed by atoms with Gasteiger partial charge in [-0.25, -0.2) is 0 Å². The first-order valence-corrected chi connectivity index (χ1v) is 4.87. The van der Waals surface area contributed by atoms with Crippen LogP contribution in [-0.2, 0) is 0 Å². The number of aryl methyl sites for hydroxylation is 1. The third-order valence-corrected chi connectivity index (χ3v) is 2.34. The van der Waals surface area contributed by atoms with E-state index in [-0.39, 0.29) is 13.2 Å². The van der Waals surface area contributed by atoms with E-state index in [4.69, 9.17) is 15.9 Å². The van der Waals surface area contributed by atoms with Crippen LogP contribution in [0.4, 0.5) is 11.4 Å². The monoisotopic (exact) mass is 210 g/mol. The molecule has 0 fully saturated rings. The standard InChI is InChI=1S/C11H18N2O2/c1-8-3-4-10(9(12)5-8)13-11(2,6-14)7-15/h3-5,13-15H,6-7,12H2,1-2H3. The average molecular weight is 210 g/mol. The lowest BCUT2D eigenvalue weighted by atomic mass is 10.0. The van der Waals surface area contributed by atoms with Crippen LogP contribution in [0.15, 0.2) is 18.2 Å². The lowest BCUT2D eigenvalue weighted by molar-refractivity contribution is 0.147. The Morgan fingerprint density at radius 3 is 2.40 bits per heavy atom. The van der Waals surface area contributed by atoms with Crippen LogP contribution >= 0.6 is 0 Å². The molecule has 0 radical (unpaired) electrons. The van der Waals surface area contributed by atoms with Gasteiger partial charge >= 0.3 is 0 Å². The fraction of sp³-hybridized carbons (Fsp3) is 0.455. The zero-order valence-corrected chi connectivity index (χ0v) is 9.12. The van der Waals surface area contributed by atoms with Crippen molar-refractivity contribution in [3.05, 3.63) is 23.8 Å². The summed E-state index contributed by atoms with van der Waals surface area (Å²) in [6.07, 6.45) is 0. The molecule has 5 N–H and O–H groups in total. The maximum absolute atomic E-state index is 9.13. The molecule has 0 aliphatic heterocycles. The number of rotatable bonds is 4. The Balaban J connectivity index is 2.89. The minimum atomic E-state index is -0.747. The number of hydrogen-bond donors (Lipinski definition) is 4. The second kappa shape index (κ2) is 4.51. The van der Waals surface area contributed by atoms with Crippen molar-refractivity contribution in [2.24, 2.45) is 0 Å². The third-order valence-electron chi connectivity index (χ3n) is 2.34. The topological polar surface area (TPSA) is 78.5 Å². The number of nitrogens with two attached hydrogens (primary N) is 1. The fourth-order valence-corrected chi connectivity index (χ4v) is 1.25. The van der Waals surface area contributed by atoms with Crippen LogP contribution in [0.2, 0.25) is 0 Å². The van der Waals surface area contributed by atoms with Crippen molar-refractivity contribution < 1.29 is 10.2 Å². The zero-order valence-electron chi connectivity index (χ0n) is 9.12. The Hall–Kier alpha value is -1.26. The third kappa shape index (κ3) is 2.84. The zero-order chi connectivity index (χ0) is 11.5. The molecule has 0 spiro atoms. The van der Waals surface area contributed by atoms with Gasteiger partial charge in [0.25, 0.3) is 0 Å². The lowest BCUT2D eigenvalue weighted by Gasteiger charge is -2.28. The van der Waals surface area contributed by atoms with Crippen molar-refractivity contribution in [3.63, 3.8) is 0 Å². The number of nitrogen functional groups attached to an aromatic ring is 1. The van der Waals surface area contributed by atoms with Gasteiger partial charge in [0.1, 0.15) is 0 Å². The van der Waals surface area contributed by atoms with Crippen molar-refractivity contribution >= 4 is 11.4 Å². The first-order valence-electron chi connectivity index (χ1n) is 4.87. The summed E-state index contributed by atoms with van der Waals surface area (Å²) in [4.78, 5) is 0. The summed E-state index contributed by atoms with van der Waals surface area (Å²) >= 11 is 0. The lowest BCUT2D eigenvalue weighted by Crippen LogP contribution is -2.42. The van der Waals surface area contributed by atoms with Gasteiger partial charge in [0.15, 0.2) is 0 Å². The van der Waals surface area contributed by atoms with Crippen molar-refractivity contribution in [1.82, 2.24) is 0 Å². The molecule has 0 aliphatic rings. The van der Waals surface area contributed by atoms with Crippen molar-refractivity contribution in [2.45, 2.75) is 19.4 Å². The maximum Gasteiger partial charge on any atom is 0.0807 e. The molecule has 1 rings (SSSR count). The van der Waals surface area contributed by atoms with Gasteiger partial charge in [0.05, 0.1) is 30.1 Å². The minimum absolute atomic E-state index is 0.156. The van der Waals surface area contributed by atoms with Crippen molar-refractivity contribution in [2.75, 3.05) is 24.3 Å². The van der Waals surface area contributed by atoms with Crippen LogP contribution < -0.4 is 11.1 Å². The molecule has 0 aliphatic carbocycles. The van der Waals surface area contributed by atoms with E-state index in [0.717, 1.165) is 11.3 Å². The van der Waals surface area contributed by atoms with Gasteiger partial charge in [-0.15, -0.1) is 0 Å². The van der Waals surface area contributed by atoms with E-state index in [9.17, 15) is 0 Å². The summed E-state index contributed by atoms with van der Waals surface area (Å²) < 4.78 is 0. The highest BCUT2D eigenvalue weighted by Crippen LogP contribution is 2.23. The van der Waals surface area contributed by atoms with Gasteiger partial charge in [-0.1, -0.05) is 6.07 Å². The summed E-state index contributed by atoms with van der Waals surface area (Å²) in [7, 11) is 0. The van der Waals surface area contributed by atoms with Crippen LogP contribution in [-0.4, -0.2) is 29.0 Å². The first-order chi connectivity index (χ1) is 7.00. The molecule has 4 nitrogen and oxygen atoms in total. The highest BCUT2D eigenvalue weighted by Gasteiger charge is 2.22. The van der Waals surface area contributed by atoms with E-state index < -0.39 is 5.54 Å². The number of benzene rings is 1. The van der Waals surface area contributed by atoms with E-state index in [1.165, 1.54) is 0 Å². The van der Waals surface area contributed by atoms with Gasteiger partial charge < -0.3 is 21.3 Å². The second-order valence-electron chi connectivity index (χ2n) is 4.09. The van der Waals surface area contributed by atoms with E-state index in [0.29, 0.717) is 5.69 Å². The molecule has 1 aromatic carbocycles. The first kappa shape index (κ1) is 11.8. The summed E-state index contributed by atoms with van der Waals surface area (Å²) in [5, 5.41) is 21.3. The molecule has 0 saturated carbocycles. The van der Waals surface area contributed by atoms with Crippen molar-refractivity contribution in [1.29, 1.82) is 0 Å². The molecule has 0 saturated heterocycles. The van der Waals surface area contributed by atoms with E-state index >= 15 is 0 Å². The Bertz CT molecular complexity index is 335. The van der Waals surface area contributed by atoms with Gasteiger partial charge in [-0.05, 0) is 31.5 Å². The predicted octanol–water partition coefficient (Wildman–Crippen LogP) is 0.732. The van der Waals surface area contributed by atoms with Gasteiger partial charge in [-0.2, -0.15) is 0 Å². The molecule has 0 aromatic heterocycles. The van der Waals surface area contributed by atoms with E-state index in [1.807, 2.05) is 25.1 Å². The van der Waals surface area contributed by atoms with Crippen LogP contribution in [0.5, 0.6) is 0 Å². The van der Waals surface area contributed by atoms with Crippen LogP contribution in [0, 0.1) is 6.92 Å². The predicted molar refractivity (Wildman–Crippen MR) is 61.8 cm³/mol. The van der Waals surface area contributed by atoms with E-state index in [1.54, 1.807) is 6.92 Å². The molecule has 0 atom stereocenters. The van der Waals surface area contributed by atoms with Crippen LogP contribution in [0.1, 0.15) is 12.5 Å². The molecule has 1 aromatic rings. The molecule has 4 heteroatoms. The number of nitrogens with one attached hydrogen (secondary N) is 1. The average Bonchev–Trinajstić information content (AvgIpc) is 2.22. The molecule has 15 heavy (non-hydrogen) atoms. The molecule has 0 bridgehead atoms. The molecule has 0 amide bonds. The minimum Gasteiger partial charge on any atom is -0.397 e. The number of aliphatic hydroxyl groups excluding tert-OH is 2. The molecular formula is C11H18N2O2. The largest absolute Gasteiger partial charge is 0.397 e. The number of anilines is 2. The number of aliphatic hydroxyl groups is 2. The molecule has 0 heterocycles. The normalized spacial score (nSPS) is 11.5. The maximum atomic E-state index is 9.13. The SMILES string of the molecule is Cc1ccc(NC(C)(CO)CO)c(N)c1. The van der Waals surface area contributed by atoms with Crippen LogP contribution in [0.25, 0.3) is 0 Å². The fourth-order valence-electron chi connectivity index (χ4n) is 1.25. The van der Waals surface area contributed by atoms with Crippen molar-refractivity contribution in [3.8, 4) is 0 Å². The summed E-state index contributed by atoms with van der Waals surface area (Å²) in [6.45, 7) is 3.37. The number of hydrogen-bond acceptors (Lipinski definition) is 4. The molecule has 84 valence electrons. The highest BCUT2D eigenvalue weighted by molar-refractivity contribution is 5.67. The smallest absolute Gasteiger partial charge is 0.0807 e. The highest BCUT2D eigenvalue weighted by atomic mass is 16.3. The van der Waals surface area contributed by atoms with Crippen LogP contribution in [0.3, 0.4) is 0 Å². The Labute approximate surface area is 89.7 Å². The Morgan fingerprint density at radius 1 is 1.33 bits per heavy atom.